The first kappa shape index (κ1) is 37.1. The van der Waals surface area contributed by atoms with Crippen molar-refractivity contribution in [2.24, 2.45) is 4.40 Å². The molecule has 8 nitrogen and oxygen atoms in total. The molecule has 1 N–H and O–H groups in total. The van der Waals surface area contributed by atoms with Gasteiger partial charge < -0.3 is 9.47 Å². The Kier molecular flexibility index (Phi) is 16.0. The van der Waals surface area contributed by atoms with Crippen molar-refractivity contribution in [2.75, 3.05) is 14.2 Å². The largest absolute Gasteiger partial charge is 0.379 e. The molecule has 0 amide bonds. The van der Waals surface area contributed by atoms with Crippen LogP contribution in [0.1, 0.15) is 85.7 Å². The van der Waals surface area contributed by atoms with Gasteiger partial charge in [-0.05, 0) is 111 Å². The van der Waals surface area contributed by atoms with Crippen molar-refractivity contribution in [1.82, 2.24) is 14.7 Å². The number of hydrogen-bond donors (Lipinski definition) is 1. The van der Waals surface area contributed by atoms with Gasteiger partial charge in [0, 0.05) is 14.2 Å². The first-order chi connectivity index (χ1) is 18.6. The monoisotopic (exact) mass is 722 g/mol. The minimum Gasteiger partial charge on any atom is -0.379 e. The van der Waals surface area contributed by atoms with E-state index in [2.05, 4.69) is 50.9 Å². The van der Waals surface area contributed by atoms with Gasteiger partial charge in [-0.2, -0.15) is 4.40 Å². The molecule has 0 aliphatic heterocycles. The SMILES string of the molecule is CCC(OC)C(=N[S@](=O)C(C)(C)C)c1cccc(Br)n1.CCC(OC)[C@H](N[S@](=O)C(C)(C)C)c1cccc(Br)n1. The third-order valence-electron chi connectivity index (χ3n) is 5.57. The highest BCUT2D eigenvalue weighted by Gasteiger charge is 2.29. The van der Waals surface area contributed by atoms with Crippen LogP contribution in [0.5, 0.6) is 0 Å². The predicted octanol–water partition coefficient (Wildman–Crippen LogP) is 6.88. The van der Waals surface area contributed by atoms with E-state index in [1.807, 2.05) is 91.8 Å². The summed E-state index contributed by atoms with van der Waals surface area (Å²) in [5.74, 6) is 0. The number of hydrogen-bond acceptors (Lipinski definition) is 6. The van der Waals surface area contributed by atoms with Crippen LogP contribution >= 0.6 is 31.9 Å². The van der Waals surface area contributed by atoms with Crippen LogP contribution in [0.4, 0.5) is 0 Å². The van der Waals surface area contributed by atoms with Crippen LogP contribution < -0.4 is 4.72 Å². The summed E-state index contributed by atoms with van der Waals surface area (Å²) >= 11 is 6.72. The van der Waals surface area contributed by atoms with E-state index in [-0.39, 0.29) is 23.0 Å². The lowest BCUT2D eigenvalue weighted by Crippen LogP contribution is -2.41. The molecule has 0 spiro atoms. The first-order valence-electron chi connectivity index (χ1n) is 13.1. The number of halogens is 2. The standard InChI is InChI=1S/C14H23BrN2O2S.C14H21BrN2O2S/c2*1-6-11(19-5)13(17-20(18)14(2,3)4)10-8-7-9-12(15)16-10/h7-9,11,13,17H,6H2,1-5H3;7-9,11H,6H2,1-5H3/t11?,13-,20-;11?,20-/m11/s1. The molecule has 0 aromatic carbocycles. The zero-order valence-corrected chi connectivity index (χ0v) is 30.0. The highest BCUT2D eigenvalue weighted by molar-refractivity contribution is 9.10. The fourth-order valence-electron chi connectivity index (χ4n) is 3.27. The van der Waals surface area contributed by atoms with E-state index in [1.165, 1.54) is 0 Å². The van der Waals surface area contributed by atoms with E-state index in [0.29, 0.717) is 11.4 Å². The summed E-state index contributed by atoms with van der Waals surface area (Å²) in [4.78, 5) is 8.86. The van der Waals surface area contributed by atoms with Gasteiger partial charge in [0.05, 0.1) is 44.0 Å². The Hall–Kier alpha value is -0.890. The molecule has 2 heterocycles. The average Bonchev–Trinajstić information content (AvgIpc) is 2.88. The molecule has 2 rings (SSSR count). The summed E-state index contributed by atoms with van der Waals surface area (Å²) in [5, 5.41) is 0. The minimum absolute atomic E-state index is 0.0805. The topological polar surface area (TPSA) is 103 Å². The predicted molar refractivity (Wildman–Crippen MR) is 174 cm³/mol. The summed E-state index contributed by atoms with van der Waals surface area (Å²) in [7, 11) is 0.765. The highest BCUT2D eigenvalue weighted by Crippen LogP contribution is 2.24. The summed E-state index contributed by atoms with van der Waals surface area (Å²) in [6.45, 7) is 15.5. The second-order valence-corrected chi connectivity index (χ2v) is 16.4. The van der Waals surface area contributed by atoms with E-state index in [0.717, 1.165) is 27.7 Å². The Balaban J connectivity index is 0.000000400. The Labute approximate surface area is 262 Å². The Morgan fingerprint density at radius 2 is 1.48 bits per heavy atom. The molecule has 2 unspecified atom stereocenters. The molecule has 0 saturated heterocycles. The molecule has 0 aliphatic carbocycles. The lowest BCUT2D eigenvalue weighted by atomic mass is 10.1. The molecule has 0 radical (unpaired) electrons. The van der Waals surface area contributed by atoms with Crippen molar-refractivity contribution in [1.29, 1.82) is 0 Å². The molecule has 0 fully saturated rings. The number of ether oxygens (including phenoxy) is 2. The molecular formula is C28H44Br2N4O4S2. The van der Waals surface area contributed by atoms with E-state index in [1.54, 1.807) is 14.2 Å². The minimum atomic E-state index is -1.35. The fraction of sp³-hybridized carbons (Fsp3) is 0.607. The van der Waals surface area contributed by atoms with Crippen LogP contribution in [0, 0.1) is 0 Å². The number of nitrogens with zero attached hydrogens (tertiary/aromatic N) is 3. The summed E-state index contributed by atoms with van der Waals surface area (Å²) in [6.07, 6.45) is 1.25. The van der Waals surface area contributed by atoms with Crippen molar-refractivity contribution >= 4 is 59.5 Å². The number of rotatable bonds is 11. The van der Waals surface area contributed by atoms with E-state index >= 15 is 0 Å². The second-order valence-electron chi connectivity index (χ2n) is 10.9. The van der Waals surface area contributed by atoms with Crippen molar-refractivity contribution in [2.45, 2.75) is 96.0 Å². The smallest absolute Gasteiger partial charge is 0.145 e. The molecule has 226 valence electrons. The van der Waals surface area contributed by atoms with Gasteiger partial charge in [-0.15, -0.1) is 0 Å². The number of pyridine rings is 2. The molecular weight excluding hydrogens is 680 g/mol. The van der Waals surface area contributed by atoms with Crippen LogP contribution in [-0.2, 0) is 31.4 Å². The second kappa shape index (κ2) is 17.3. The summed E-state index contributed by atoms with van der Waals surface area (Å²) in [6, 6.07) is 11.1. The molecule has 0 saturated carbocycles. The molecule has 2 aromatic rings. The quantitative estimate of drug-likeness (QED) is 0.200. The van der Waals surface area contributed by atoms with Gasteiger partial charge >= 0.3 is 0 Å². The van der Waals surface area contributed by atoms with Crippen molar-refractivity contribution in [3.8, 4) is 0 Å². The molecule has 2 aromatic heterocycles. The zero-order chi connectivity index (χ0) is 30.7. The number of methoxy groups -OCH3 is 2. The van der Waals surface area contributed by atoms with Crippen LogP contribution in [0.2, 0.25) is 0 Å². The first-order valence-corrected chi connectivity index (χ1v) is 16.9. The maximum Gasteiger partial charge on any atom is 0.145 e. The number of nitrogens with one attached hydrogen (secondary N) is 1. The Morgan fingerprint density at radius 1 is 0.900 bits per heavy atom. The lowest BCUT2D eigenvalue weighted by molar-refractivity contribution is 0.0712. The zero-order valence-electron chi connectivity index (χ0n) is 25.2. The normalized spacial score (nSPS) is 16.4. The highest BCUT2D eigenvalue weighted by atomic mass is 79.9. The Bertz CT molecular complexity index is 1150. The van der Waals surface area contributed by atoms with Gasteiger partial charge in [-0.3, -0.25) is 0 Å². The van der Waals surface area contributed by atoms with E-state index in [9.17, 15) is 8.42 Å². The summed E-state index contributed by atoms with van der Waals surface area (Å²) < 4.78 is 43.9. The third kappa shape index (κ3) is 12.1. The van der Waals surface area contributed by atoms with Gasteiger partial charge in [0.25, 0.3) is 0 Å². The van der Waals surface area contributed by atoms with E-state index in [4.69, 9.17) is 9.47 Å². The summed E-state index contributed by atoms with van der Waals surface area (Å²) in [5.41, 5.74) is 2.14. The van der Waals surface area contributed by atoms with Gasteiger partial charge in [0.15, 0.2) is 0 Å². The number of aromatic nitrogens is 2. The van der Waals surface area contributed by atoms with Gasteiger partial charge in [0.2, 0.25) is 0 Å². The van der Waals surface area contributed by atoms with Crippen molar-refractivity contribution in [3.05, 3.63) is 57.0 Å². The van der Waals surface area contributed by atoms with E-state index < -0.39 is 26.7 Å². The maximum absolute atomic E-state index is 12.4. The fourth-order valence-corrected chi connectivity index (χ4v) is 5.50. The Morgan fingerprint density at radius 3 is 1.90 bits per heavy atom. The average molecular weight is 725 g/mol. The molecule has 0 aliphatic rings. The van der Waals surface area contributed by atoms with Crippen molar-refractivity contribution < 1.29 is 17.9 Å². The van der Waals surface area contributed by atoms with Crippen LogP contribution in [-0.4, -0.2) is 60.0 Å². The van der Waals surface area contributed by atoms with Crippen LogP contribution in [0.15, 0.2) is 50.0 Å². The molecule has 0 bridgehead atoms. The lowest BCUT2D eigenvalue weighted by Gasteiger charge is -2.28. The van der Waals surface area contributed by atoms with Gasteiger partial charge in [0.1, 0.15) is 32.0 Å². The van der Waals surface area contributed by atoms with Crippen LogP contribution in [0.3, 0.4) is 0 Å². The molecule has 5 atom stereocenters. The third-order valence-corrected chi connectivity index (χ3v) is 9.44. The molecule has 12 heteroatoms. The molecule has 40 heavy (non-hydrogen) atoms. The van der Waals surface area contributed by atoms with Crippen molar-refractivity contribution in [3.63, 3.8) is 0 Å². The van der Waals surface area contributed by atoms with Gasteiger partial charge in [-0.25, -0.2) is 23.1 Å². The van der Waals surface area contributed by atoms with Crippen LogP contribution in [0.25, 0.3) is 0 Å². The maximum atomic E-state index is 12.4. The van der Waals surface area contributed by atoms with Gasteiger partial charge in [-0.1, -0.05) is 26.0 Å².